The van der Waals surface area contributed by atoms with Crippen LogP contribution in [-0.2, 0) is 4.74 Å². The van der Waals surface area contributed by atoms with Crippen LogP contribution in [0.1, 0.15) is 24.1 Å². The molecular weight excluding hydrogens is 274 g/mol. The van der Waals surface area contributed by atoms with Crippen LogP contribution in [0.5, 0.6) is 0 Å². The SMILES string of the molecule is COCCCCCNc1nc(NN)nc2sc(C)cc12. The average molecular weight is 295 g/mol. The van der Waals surface area contributed by atoms with E-state index in [0.29, 0.717) is 5.95 Å². The van der Waals surface area contributed by atoms with Crippen LogP contribution in [-0.4, -0.2) is 30.2 Å². The number of rotatable bonds is 8. The van der Waals surface area contributed by atoms with E-state index >= 15 is 0 Å². The van der Waals surface area contributed by atoms with Gasteiger partial charge in [-0.05, 0) is 32.3 Å². The van der Waals surface area contributed by atoms with Gasteiger partial charge in [0.15, 0.2) is 0 Å². The normalized spacial score (nSPS) is 10.9. The van der Waals surface area contributed by atoms with Gasteiger partial charge < -0.3 is 10.1 Å². The van der Waals surface area contributed by atoms with Crippen molar-refractivity contribution in [2.45, 2.75) is 26.2 Å². The lowest BCUT2D eigenvalue weighted by atomic mass is 10.2. The minimum absolute atomic E-state index is 0.446. The Morgan fingerprint density at radius 3 is 2.90 bits per heavy atom. The first kappa shape index (κ1) is 15.0. The van der Waals surface area contributed by atoms with Crippen LogP contribution in [0.2, 0.25) is 0 Å². The van der Waals surface area contributed by atoms with Crippen molar-refractivity contribution in [1.82, 2.24) is 9.97 Å². The number of nitrogens with two attached hydrogens (primary N) is 1. The first-order valence-electron chi connectivity index (χ1n) is 6.72. The number of unbranched alkanes of at least 4 members (excludes halogenated alkanes) is 2. The second-order valence-corrected chi connectivity index (χ2v) is 5.83. The number of aryl methyl sites for hydroxylation is 1. The molecular formula is C13H21N5OS. The monoisotopic (exact) mass is 295 g/mol. The fourth-order valence-corrected chi connectivity index (χ4v) is 2.88. The van der Waals surface area contributed by atoms with Gasteiger partial charge >= 0.3 is 0 Å². The first-order valence-corrected chi connectivity index (χ1v) is 7.54. The van der Waals surface area contributed by atoms with Crippen LogP contribution in [0.4, 0.5) is 11.8 Å². The van der Waals surface area contributed by atoms with Gasteiger partial charge in [-0.15, -0.1) is 11.3 Å². The summed E-state index contributed by atoms with van der Waals surface area (Å²) < 4.78 is 5.04. The maximum atomic E-state index is 5.41. The van der Waals surface area contributed by atoms with Gasteiger partial charge in [0, 0.05) is 25.1 Å². The molecule has 4 N–H and O–H groups in total. The first-order chi connectivity index (χ1) is 9.74. The van der Waals surface area contributed by atoms with E-state index < -0.39 is 0 Å². The number of nitrogens with one attached hydrogen (secondary N) is 2. The zero-order chi connectivity index (χ0) is 14.4. The van der Waals surface area contributed by atoms with Gasteiger partial charge in [0.1, 0.15) is 10.6 Å². The van der Waals surface area contributed by atoms with E-state index in [2.05, 4.69) is 33.7 Å². The Morgan fingerprint density at radius 2 is 2.15 bits per heavy atom. The molecule has 6 nitrogen and oxygen atoms in total. The number of aromatic nitrogens is 2. The summed E-state index contributed by atoms with van der Waals surface area (Å²) in [6, 6.07) is 2.10. The summed E-state index contributed by atoms with van der Waals surface area (Å²) in [6.07, 6.45) is 3.31. The Bertz CT molecular complexity index is 557. The highest BCUT2D eigenvalue weighted by atomic mass is 32.1. The third-order valence-corrected chi connectivity index (χ3v) is 3.91. The van der Waals surface area contributed by atoms with E-state index in [0.717, 1.165) is 48.4 Å². The number of nitrogen functional groups attached to an aromatic ring is 1. The molecule has 0 aliphatic rings. The summed E-state index contributed by atoms with van der Waals surface area (Å²) in [5.41, 5.74) is 2.51. The maximum absolute atomic E-state index is 5.41. The molecule has 2 aromatic rings. The molecule has 110 valence electrons. The Balaban J connectivity index is 2.00. The van der Waals surface area contributed by atoms with Crippen LogP contribution in [0.3, 0.4) is 0 Å². The summed E-state index contributed by atoms with van der Waals surface area (Å²) in [6.45, 7) is 3.77. The third-order valence-electron chi connectivity index (χ3n) is 2.96. The molecule has 0 atom stereocenters. The zero-order valence-electron chi connectivity index (χ0n) is 11.9. The molecule has 0 saturated carbocycles. The molecule has 0 aliphatic carbocycles. The second kappa shape index (κ2) is 7.37. The smallest absolute Gasteiger partial charge is 0.240 e. The number of anilines is 2. The molecule has 0 amide bonds. The van der Waals surface area contributed by atoms with Crippen LogP contribution in [0, 0.1) is 6.92 Å². The molecule has 7 heteroatoms. The van der Waals surface area contributed by atoms with E-state index in [9.17, 15) is 0 Å². The minimum Gasteiger partial charge on any atom is -0.385 e. The van der Waals surface area contributed by atoms with E-state index in [1.54, 1.807) is 18.4 Å². The van der Waals surface area contributed by atoms with Crippen molar-refractivity contribution in [3.8, 4) is 0 Å². The summed E-state index contributed by atoms with van der Waals surface area (Å²) in [5, 5.41) is 4.43. The van der Waals surface area contributed by atoms with Crippen molar-refractivity contribution in [3.63, 3.8) is 0 Å². The van der Waals surface area contributed by atoms with Crippen LogP contribution < -0.4 is 16.6 Å². The van der Waals surface area contributed by atoms with Crippen molar-refractivity contribution in [3.05, 3.63) is 10.9 Å². The molecule has 2 aromatic heterocycles. The van der Waals surface area contributed by atoms with Crippen LogP contribution >= 0.6 is 11.3 Å². The number of hydrazine groups is 1. The predicted octanol–water partition coefficient (Wildman–Crippen LogP) is 2.51. The predicted molar refractivity (Wildman–Crippen MR) is 84.2 cm³/mol. The Labute approximate surface area is 122 Å². The van der Waals surface area contributed by atoms with Crippen molar-refractivity contribution < 1.29 is 4.74 Å². The van der Waals surface area contributed by atoms with Crippen LogP contribution in [0.25, 0.3) is 10.2 Å². The van der Waals surface area contributed by atoms with Crippen molar-refractivity contribution >= 4 is 33.3 Å². The topological polar surface area (TPSA) is 85.1 Å². The Kier molecular flexibility index (Phi) is 5.51. The maximum Gasteiger partial charge on any atom is 0.240 e. The van der Waals surface area contributed by atoms with Gasteiger partial charge in [-0.2, -0.15) is 4.98 Å². The highest BCUT2D eigenvalue weighted by molar-refractivity contribution is 7.18. The molecule has 0 radical (unpaired) electrons. The zero-order valence-corrected chi connectivity index (χ0v) is 12.7. The van der Waals surface area contributed by atoms with E-state index in [1.165, 1.54) is 4.88 Å². The number of fused-ring (bicyclic) bond motifs is 1. The molecule has 2 rings (SSSR count). The third kappa shape index (κ3) is 3.78. The molecule has 0 spiro atoms. The molecule has 0 aliphatic heterocycles. The number of thiophene rings is 1. The van der Waals surface area contributed by atoms with Crippen LogP contribution in [0.15, 0.2) is 6.07 Å². The lowest BCUT2D eigenvalue weighted by Gasteiger charge is -2.08. The standard InChI is InChI=1S/C13H21N5OS/c1-9-8-10-11(15-6-4-3-5-7-19-2)16-13(18-14)17-12(10)20-9/h8H,3-7,14H2,1-2H3,(H2,15,16,17,18). The quantitative estimate of drug-likeness (QED) is 0.394. The summed E-state index contributed by atoms with van der Waals surface area (Å²) in [5.74, 6) is 6.71. The van der Waals surface area contributed by atoms with Gasteiger partial charge in [0.05, 0.1) is 5.39 Å². The number of nitrogens with zero attached hydrogens (tertiary/aromatic N) is 2. The fourth-order valence-electron chi connectivity index (χ4n) is 2.00. The Morgan fingerprint density at radius 1 is 1.30 bits per heavy atom. The lowest BCUT2D eigenvalue weighted by molar-refractivity contribution is 0.192. The lowest BCUT2D eigenvalue weighted by Crippen LogP contribution is -2.12. The molecule has 0 saturated heterocycles. The van der Waals surface area contributed by atoms with E-state index in [4.69, 9.17) is 10.6 Å². The van der Waals surface area contributed by atoms with Gasteiger partial charge in [0.25, 0.3) is 0 Å². The number of hydrogen-bond acceptors (Lipinski definition) is 7. The van der Waals surface area contributed by atoms with Crippen molar-refractivity contribution in [2.75, 3.05) is 31.0 Å². The number of hydrogen-bond donors (Lipinski definition) is 3. The highest BCUT2D eigenvalue weighted by Gasteiger charge is 2.09. The van der Waals surface area contributed by atoms with Gasteiger partial charge in [-0.1, -0.05) is 0 Å². The molecule has 0 bridgehead atoms. The largest absolute Gasteiger partial charge is 0.385 e. The fraction of sp³-hybridized carbons (Fsp3) is 0.538. The van der Waals surface area contributed by atoms with Crippen molar-refractivity contribution in [2.24, 2.45) is 5.84 Å². The molecule has 0 aromatic carbocycles. The van der Waals surface area contributed by atoms with Gasteiger partial charge in [0.2, 0.25) is 5.95 Å². The van der Waals surface area contributed by atoms with E-state index in [-0.39, 0.29) is 0 Å². The average Bonchev–Trinajstić information content (AvgIpc) is 2.82. The summed E-state index contributed by atoms with van der Waals surface area (Å²) in [7, 11) is 1.73. The summed E-state index contributed by atoms with van der Waals surface area (Å²) in [4.78, 5) is 10.9. The molecule has 0 fully saturated rings. The molecule has 20 heavy (non-hydrogen) atoms. The minimum atomic E-state index is 0.446. The number of methoxy groups -OCH3 is 1. The Hall–Kier alpha value is -1.44. The van der Waals surface area contributed by atoms with Gasteiger partial charge in [-0.3, -0.25) is 5.43 Å². The number of ether oxygens (including phenoxy) is 1. The second-order valence-electron chi connectivity index (χ2n) is 4.60. The van der Waals surface area contributed by atoms with Gasteiger partial charge in [-0.25, -0.2) is 10.8 Å². The molecule has 0 unspecified atom stereocenters. The van der Waals surface area contributed by atoms with Crippen molar-refractivity contribution in [1.29, 1.82) is 0 Å². The highest BCUT2D eigenvalue weighted by Crippen LogP contribution is 2.29. The summed E-state index contributed by atoms with van der Waals surface area (Å²) >= 11 is 1.64. The molecule has 2 heterocycles. The van der Waals surface area contributed by atoms with E-state index in [1.807, 2.05) is 0 Å².